The molecule has 0 spiro atoms. The number of nitrogens with zero attached hydrogens (tertiary/aromatic N) is 6. The van der Waals surface area contributed by atoms with Crippen molar-refractivity contribution in [2.24, 2.45) is 0 Å². The van der Waals surface area contributed by atoms with Gasteiger partial charge in [-0.05, 0) is 84.3 Å². The van der Waals surface area contributed by atoms with Crippen LogP contribution in [0.3, 0.4) is 0 Å². The number of esters is 1. The second kappa shape index (κ2) is 20.2. The number of aromatic amines is 2. The molecular weight excluding hydrogens is 793 g/mol. The van der Waals surface area contributed by atoms with E-state index in [2.05, 4.69) is 20.2 Å². The van der Waals surface area contributed by atoms with Gasteiger partial charge in [0.1, 0.15) is 30.1 Å². The molecule has 16 heteroatoms. The number of carbonyl (C=O) groups is 3. The number of rotatable bonds is 6. The van der Waals surface area contributed by atoms with Crippen molar-refractivity contribution in [2.45, 2.75) is 111 Å². The topological polar surface area (TPSA) is 186 Å². The van der Waals surface area contributed by atoms with Crippen LogP contribution in [0.15, 0.2) is 94.5 Å². The lowest BCUT2D eigenvalue weighted by molar-refractivity contribution is -0.142. The number of benzene rings is 2. The fraction of sp³-hybridized carbons (Fsp3) is 0.413. The summed E-state index contributed by atoms with van der Waals surface area (Å²) in [5.74, 6) is -0.242. The highest BCUT2D eigenvalue weighted by Crippen LogP contribution is 2.33. The number of hydrogen-bond acceptors (Lipinski definition) is 10. The van der Waals surface area contributed by atoms with Crippen molar-refractivity contribution >= 4 is 29.5 Å². The lowest BCUT2D eigenvalue weighted by atomic mass is 10.00. The number of H-pyrrole nitrogens is 2. The number of nitrogens with one attached hydrogen (secondary N) is 2. The highest BCUT2D eigenvalue weighted by Gasteiger charge is 2.34. The summed E-state index contributed by atoms with van der Waals surface area (Å²) in [4.78, 5) is 68.1. The summed E-state index contributed by atoms with van der Waals surface area (Å²) in [6.45, 7) is 12.6. The molecule has 2 aromatic carbocycles. The Balaban J connectivity index is 0.000000168. The molecule has 4 aromatic heterocycles. The van der Waals surface area contributed by atoms with E-state index in [9.17, 15) is 24.0 Å². The molecule has 2 amide bonds. The van der Waals surface area contributed by atoms with Gasteiger partial charge in [0.2, 0.25) is 0 Å². The van der Waals surface area contributed by atoms with E-state index in [4.69, 9.17) is 14.2 Å². The fourth-order valence-corrected chi connectivity index (χ4v) is 7.46. The Morgan fingerprint density at radius 3 is 1.52 bits per heavy atom. The van der Waals surface area contributed by atoms with Gasteiger partial charge < -0.3 is 24.2 Å². The second-order valence-electron chi connectivity index (χ2n) is 16.5. The van der Waals surface area contributed by atoms with E-state index in [-0.39, 0.29) is 48.0 Å². The van der Waals surface area contributed by atoms with Crippen molar-refractivity contribution in [2.75, 3.05) is 13.1 Å². The number of carbonyl (C=O) groups excluding carboxylic acids is 3. The molecule has 2 aliphatic heterocycles. The monoisotopic (exact) mass is 848 g/mol. The van der Waals surface area contributed by atoms with Gasteiger partial charge in [-0.25, -0.2) is 18.6 Å². The first-order valence-electron chi connectivity index (χ1n) is 21.0. The van der Waals surface area contributed by atoms with E-state index in [1.54, 1.807) is 18.8 Å². The Morgan fingerprint density at radius 2 is 1.08 bits per heavy atom. The molecule has 0 radical (unpaired) electrons. The van der Waals surface area contributed by atoms with Crippen LogP contribution < -0.4 is 11.1 Å². The summed E-state index contributed by atoms with van der Waals surface area (Å²) in [6, 6.07) is 25.7. The molecule has 2 aliphatic rings. The van der Waals surface area contributed by atoms with Gasteiger partial charge in [0.25, 0.3) is 11.1 Å². The number of hydrogen-bond donors (Lipinski definition) is 2. The lowest BCUT2D eigenvalue weighted by Crippen LogP contribution is -2.42. The summed E-state index contributed by atoms with van der Waals surface area (Å²) in [5, 5.41) is 9.23. The fourth-order valence-electron chi connectivity index (χ4n) is 7.46. The molecule has 2 fully saturated rings. The van der Waals surface area contributed by atoms with Gasteiger partial charge in [0.15, 0.2) is 0 Å². The van der Waals surface area contributed by atoms with E-state index >= 15 is 0 Å². The summed E-state index contributed by atoms with van der Waals surface area (Å²) in [5.41, 5.74) is 5.49. The molecule has 16 nitrogen and oxygen atoms in total. The molecular formula is C46H56N8O8. The van der Waals surface area contributed by atoms with Crippen LogP contribution in [0.5, 0.6) is 0 Å². The van der Waals surface area contributed by atoms with E-state index in [1.165, 1.54) is 19.1 Å². The summed E-state index contributed by atoms with van der Waals surface area (Å²) >= 11 is 0. The van der Waals surface area contributed by atoms with Crippen molar-refractivity contribution in [3.05, 3.63) is 140 Å². The van der Waals surface area contributed by atoms with Crippen LogP contribution in [0.4, 0.5) is 9.59 Å². The van der Waals surface area contributed by atoms with Crippen molar-refractivity contribution in [3.8, 4) is 0 Å². The third kappa shape index (κ3) is 12.0. The van der Waals surface area contributed by atoms with Gasteiger partial charge in [-0.2, -0.15) is 10.2 Å². The Kier molecular flexibility index (Phi) is 14.6. The molecule has 0 aliphatic carbocycles. The van der Waals surface area contributed by atoms with Gasteiger partial charge in [-0.3, -0.25) is 24.2 Å². The first-order valence-corrected chi connectivity index (χ1v) is 21.0. The van der Waals surface area contributed by atoms with Crippen LogP contribution in [0.2, 0.25) is 0 Å². The van der Waals surface area contributed by atoms with Crippen LogP contribution in [-0.4, -0.2) is 75.8 Å². The normalized spacial score (nSPS) is 16.4. The number of aryl methyl sites for hydroxylation is 2. The van der Waals surface area contributed by atoms with E-state index in [0.717, 1.165) is 72.4 Å². The minimum Gasteiger partial charge on any atom is -0.461 e. The Bertz CT molecular complexity index is 2570. The number of fused-ring (bicyclic) bond motifs is 2. The van der Waals surface area contributed by atoms with Crippen molar-refractivity contribution in [1.29, 1.82) is 0 Å². The van der Waals surface area contributed by atoms with Gasteiger partial charge in [-0.1, -0.05) is 60.7 Å². The summed E-state index contributed by atoms with van der Waals surface area (Å²) in [6.07, 6.45) is 4.99. The molecule has 6 heterocycles. The first kappa shape index (κ1) is 44.8. The van der Waals surface area contributed by atoms with Gasteiger partial charge >= 0.3 is 18.2 Å². The summed E-state index contributed by atoms with van der Waals surface area (Å²) in [7, 11) is 0. The molecule has 0 saturated carbocycles. The van der Waals surface area contributed by atoms with Gasteiger partial charge in [-0.15, -0.1) is 0 Å². The van der Waals surface area contributed by atoms with Gasteiger partial charge in [0.05, 0.1) is 23.5 Å². The van der Waals surface area contributed by atoms with Crippen LogP contribution in [0.1, 0.15) is 112 Å². The molecule has 8 rings (SSSR count). The number of likely N-dealkylation sites (tertiary alicyclic amines) is 2. The SMILES string of the molecule is CC(=O)OCc1ccccc1.Cc1cc(=O)[nH]c2cc([C@@H]3CCCCN3C(=O)OC(C)(C)C)nn12.Cc1cc(=O)[nH]c2cc([C@@H]3CCCCN3C(=O)OCc3ccccc3)nn12. The highest BCUT2D eigenvalue weighted by molar-refractivity contribution is 5.69. The maximum atomic E-state index is 12.7. The van der Waals surface area contributed by atoms with Gasteiger partial charge in [0, 0.05) is 55.7 Å². The molecule has 0 unspecified atom stereocenters. The number of amides is 2. The quantitative estimate of drug-likeness (QED) is 0.124. The zero-order valence-corrected chi connectivity index (χ0v) is 36.3. The molecule has 62 heavy (non-hydrogen) atoms. The predicted molar refractivity (Wildman–Crippen MR) is 232 cm³/mol. The van der Waals surface area contributed by atoms with Crippen molar-refractivity contribution < 1.29 is 28.6 Å². The van der Waals surface area contributed by atoms with Crippen molar-refractivity contribution in [1.82, 2.24) is 39.0 Å². The van der Waals surface area contributed by atoms with Crippen LogP contribution >= 0.6 is 0 Å². The Morgan fingerprint density at radius 1 is 0.645 bits per heavy atom. The molecule has 328 valence electrons. The average molecular weight is 849 g/mol. The zero-order valence-electron chi connectivity index (χ0n) is 36.3. The standard InChI is InChI=1S/C20H22N4O3.C17H24N4O3.C9H10O2/c1-14-11-19(25)21-18-12-16(22-24(14)18)17-9-5-6-10-23(17)20(26)27-13-15-7-3-2-4-8-15;1-11-9-15(22)18-14-10-12(19-21(11)14)13-7-5-6-8-20(13)16(23)24-17(2,3)4;1-8(10)11-7-9-5-3-2-4-6-9/h2-4,7-8,11-12,17H,5-6,9-10,13H2,1H3,(H,21,25);9-10,13H,5-8H2,1-4H3,(H,18,22);2-6H,7H2,1H3/t17-;13-;/m00./s1. The minimum absolute atomic E-state index is 0.128. The predicted octanol–water partition coefficient (Wildman–Crippen LogP) is 7.74. The summed E-state index contributed by atoms with van der Waals surface area (Å²) < 4.78 is 19.3. The molecule has 6 aromatic rings. The molecule has 0 bridgehead atoms. The second-order valence-corrected chi connectivity index (χ2v) is 16.5. The van der Waals surface area contributed by atoms with Crippen molar-refractivity contribution in [3.63, 3.8) is 0 Å². The largest absolute Gasteiger partial charge is 0.461 e. The molecule has 2 saturated heterocycles. The maximum absolute atomic E-state index is 12.7. The maximum Gasteiger partial charge on any atom is 0.410 e. The lowest BCUT2D eigenvalue weighted by Gasteiger charge is -2.35. The number of piperidine rings is 2. The highest BCUT2D eigenvalue weighted by atomic mass is 16.6. The zero-order chi connectivity index (χ0) is 44.4. The number of aromatic nitrogens is 6. The van der Waals surface area contributed by atoms with E-state index in [0.29, 0.717) is 31.0 Å². The Hall–Kier alpha value is -6.71. The minimum atomic E-state index is -0.528. The Labute approximate surface area is 359 Å². The average Bonchev–Trinajstić information content (AvgIpc) is 3.88. The third-order valence-electron chi connectivity index (χ3n) is 10.3. The third-order valence-corrected chi connectivity index (χ3v) is 10.3. The van der Waals surface area contributed by atoms with E-state index < -0.39 is 5.60 Å². The van der Waals surface area contributed by atoms with E-state index in [1.807, 2.05) is 107 Å². The smallest absolute Gasteiger partial charge is 0.410 e. The van der Waals surface area contributed by atoms with Crippen LogP contribution in [-0.2, 0) is 32.2 Å². The first-order chi connectivity index (χ1) is 29.6. The number of ether oxygens (including phenoxy) is 3. The van der Waals surface area contributed by atoms with Crippen LogP contribution in [0, 0.1) is 13.8 Å². The van der Waals surface area contributed by atoms with Crippen LogP contribution in [0.25, 0.3) is 11.3 Å². The molecule has 2 N–H and O–H groups in total. The molecule has 2 atom stereocenters.